The molecule has 0 radical (unpaired) electrons. The first kappa shape index (κ1) is 33.0. The largest absolute Gasteiger partial charge is 0.508 e. The van der Waals surface area contributed by atoms with Gasteiger partial charge < -0.3 is 21.3 Å². The van der Waals surface area contributed by atoms with Gasteiger partial charge in [-0.05, 0) is 72.2 Å². The van der Waals surface area contributed by atoms with Crippen LogP contribution in [0.5, 0.6) is 5.75 Å². The molecule has 0 aliphatic heterocycles. The van der Waals surface area contributed by atoms with Crippen LogP contribution in [0.25, 0.3) is 5.70 Å². The minimum absolute atomic E-state index is 0.00583. The number of aromatic nitrogens is 1. The summed E-state index contributed by atoms with van der Waals surface area (Å²) >= 11 is 0. The third-order valence-electron chi connectivity index (χ3n) is 7.02. The van der Waals surface area contributed by atoms with Crippen LogP contribution in [0.15, 0.2) is 79.6 Å². The molecule has 2 atom stereocenters. The summed E-state index contributed by atoms with van der Waals surface area (Å²) in [5.74, 6) is -3.87. The van der Waals surface area contributed by atoms with Crippen LogP contribution in [0, 0.1) is 5.92 Å². The van der Waals surface area contributed by atoms with Gasteiger partial charge in [-0.2, -0.15) is 0 Å². The number of carbonyl (C=O) groups is 3. The fourth-order valence-electron chi connectivity index (χ4n) is 4.59. The van der Waals surface area contributed by atoms with E-state index in [1.165, 1.54) is 24.3 Å². The average molecular weight is 608 g/mol. The van der Waals surface area contributed by atoms with Crippen LogP contribution in [-0.4, -0.2) is 53.1 Å². The van der Waals surface area contributed by atoms with Gasteiger partial charge in [0.05, 0.1) is 23.5 Å². The van der Waals surface area contributed by atoms with Gasteiger partial charge in [-0.1, -0.05) is 43.0 Å². The van der Waals surface area contributed by atoms with Crippen LogP contribution in [0.4, 0.5) is 0 Å². The molecule has 0 bridgehead atoms. The van der Waals surface area contributed by atoms with Gasteiger partial charge in [0.1, 0.15) is 5.75 Å². The summed E-state index contributed by atoms with van der Waals surface area (Å²) in [6, 6.07) is 15.5. The molecule has 43 heavy (non-hydrogen) atoms. The van der Waals surface area contributed by atoms with Gasteiger partial charge in [0.25, 0.3) is 0 Å². The minimum atomic E-state index is -3.78. The van der Waals surface area contributed by atoms with E-state index >= 15 is 0 Å². The van der Waals surface area contributed by atoms with Crippen LogP contribution in [0.2, 0.25) is 0 Å². The zero-order chi connectivity index (χ0) is 31.4. The van der Waals surface area contributed by atoms with Crippen molar-refractivity contribution in [2.75, 3.05) is 5.75 Å². The van der Waals surface area contributed by atoms with Gasteiger partial charge in [-0.25, -0.2) is 8.42 Å². The lowest BCUT2D eigenvalue weighted by atomic mass is 9.97. The smallest absolute Gasteiger partial charge is 0.303 e. The molecule has 0 spiro atoms. The number of Topliss-reactive ketones (excluding diaryl/α,β-unsaturated/α-hetero) is 1. The molecule has 1 aromatic heterocycles. The number of carboxylic acids is 1. The van der Waals surface area contributed by atoms with E-state index < -0.39 is 39.4 Å². The molecule has 5 N–H and O–H groups in total. The first-order chi connectivity index (χ1) is 20.4. The summed E-state index contributed by atoms with van der Waals surface area (Å²) in [5, 5.41) is 21.4. The summed E-state index contributed by atoms with van der Waals surface area (Å²) in [6.45, 7) is 3.69. The molecule has 3 aromatic rings. The number of aryl methyl sites for hydroxylation is 2. The molecule has 1 amide bonds. The molecule has 10 nitrogen and oxygen atoms in total. The van der Waals surface area contributed by atoms with E-state index in [1.54, 1.807) is 36.7 Å². The number of nitrogens with two attached hydrogens (primary N) is 1. The number of aromatic hydroxyl groups is 1. The van der Waals surface area contributed by atoms with Crippen LogP contribution >= 0.6 is 0 Å². The molecule has 0 unspecified atom stereocenters. The lowest BCUT2D eigenvalue weighted by molar-refractivity contribution is -0.138. The molecule has 1 heterocycles. The number of ketones is 1. The summed E-state index contributed by atoms with van der Waals surface area (Å²) in [4.78, 5) is 42.0. The number of benzene rings is 2. The van der Waals surface area contributed by atoms with Crippen LogP contribution < -0.4 is 11.1 Å². The number of phenolic OH excluding ortho intramolecular Hbond substituents is 1. The van der Waals surface area contributed by atoms with Crippen molar-refractivity contribution in [2.45, 2.75) is 50.3 Å². The zero-order valence-electron chi connectivity index (χ0n) is 23.8. The first-order valence-corrected chi connectivity index (χ1v) is 15.7. The van der Waals surface area contributed by atoms with E-state index in [-0.39, 0.29) is 43.0 Å². The number of nitrogens with one attached hydrogen (secondary N) is 1. The van der Waals surface area contributed by atoms with E-state index in [0.29, 0.717) is 24.1 Å². The van der Waals surface area contributed by atoms with Crippen molar-refractivity contribution >= 4 is 33.2 Å². The molecular weight excluding hydrogens is 570 g/mol. The topological polar surface area (TPSA) is 177 Å². The number of sulfone groups is 1. The Morgan fingerprint density at radius 2 is 1.47 bits per heavy atom. The Balaban J connectivity index is 1.75. The van der Waals surface area contributed by atoms with E-state index in [9.17, 15) is 33.0 Å². The highest BCUT2D eigenvalue weighted by Crippen LogP contribution is 2.19. The van der Waals surface area contributed by atoms with Crippen molar-refractivity contribution in [3.8, 4) is 5.75 Å². The number of phenols is 1. The van der Waals surface area contributed by atoms with Crippen LogP contribution in [-0.2, 0) is 42.8 Å². The lowest BCUT2D eigenvalue weighted by Crippen LogP contribution is -2.45. The number of hydrogen-bond acceptors (Lipinski definition) is 8. The molecule has 3 rings (SSSR count). The van der Waals surface area contributed by atoms with E-state index in [1.807, 2.05) is 12.1 Å². The number of nitrogens with zero attached hydrogens (tertiary/aromatic N) is 1. The van der Waals surface area contributed by atoms with Crippen molar-refractivity contribution in [1.82, 2.24) is 10.3 Å². The predicted octanol–water partition coefficient (Wildman–Crippen LogP) is 3.43. The number of rotatable bonds is 17. The van der Waals surface area contributed by atoms with Gasteiger partial charge in [0.2, 0.25) is 5.91 Å². The fourth-order valence-corrected chi connectivity index (χ4v) is 6.34. The highest BCUT2D eigenvalue weighted by atomic mass is 32.2. The van der Waals surface area contributed by atoms with Crippen molar-refractivity contribution in [3.05, 3.63) is 102 Å². The van der Waals surface area contributed by atoms with Gasteiger partial charge in [-0.15, -0.1) is 0 Å². The Kier molecular flexibility index (Phi) is 12.0. The Hall–Kier alpha value is -4.51. The monoisotopic (exact) mass is 607 g/mol. The van der Waals surface area contributed by atoms with Crippen molar-refractivity contribution in [2.24, 2.45) is 11.7 Å². The summed E-state index contributed by atoms with van der Waals surface area (Å²) in [5.41, 5.74) is 9.08. The molecule has 0 saturated carbocycles. The second-order valence-electron chi connectivity index (χ2n) is 10.5. The SMILES string of the molecule is C=C(N)c1ccc(CCC(=O)[C@H](CCC(=O)O)NC(=O)[C@@H](CCc2ccncc2)CS(=O)(=O)Cc2ccc(O)cc2)cc1. The first-order valence-electron chi connectivity index (χ1n) is 13.9. The maximum absolute atomic E-state index is 13.5. The second kappa shape index (κ2) is 15.6. The predicted molar refractivity (Wildman–Crippen MR) is 163 cm³/mol. The summed E-state index contributed by atoms with van der Waals surface area (Å²) < 4.78 is 26.3. The normalized spacial score (nSPS) is 12.7. The number of amides is 1. The molecular formula is C32H37N3O7S. The van der Waals surface area contributed by atoms with E-state index in [2.05, 4.69) is 16.9 Å². The third kappa shape index (κ3) is 11.4. The van der Waals surface area contributed by atoms with Gasteiger partial charge in [0.15, 0.2) is 15.6 Å². The highest BCUT2D eigenvalue weighted by molar-refractivity contribution is 7.90. The quantitative estimate of drug-likeness (QED) is 0.179. The van der Waals surface area contributed by atoms with Crippen molar-refractivity contribution < 1.29 is 33.0 Å². The number of carbonyl (C=O) groups excluding carboxylic acids is 2. The summed E-state index contributed by atoms with van der Waals surface area (Å²) in [6.07, 6.45) is 3.74. The lowest BCUT2D eigenvalue weighted by Gasteiger charge is -2.22. The molecule has 11 heteroatoms. The minimum Gasteiger partial charge on any atom is -0.508 e. The van der Waals surface area contributed by atoms with Gasteiger partial charge in [-0.3, -0.25) is 19.4 Å². The highest BCUT2D eigenvalue weighted by Gasteiger charge is 2.29. The van der Waals surface area contributed by atoms with Gasteiger partial charge in [0, 0.05) is 30.9 Å². The summed E-state index contributed by atoms with van der Waals surface area (Å²) in [7, 11) is -3.78. The molecule has 0 saturated heterocycles. The number of pyridine rings is 1. The van der Waals surface area contributed by atoms with E-state index in [4.69, 9.17) is 5.73 Å². The standard InChI is InChI=1S/C32H37N3O7S/c1-22(33)26-8-2-23(3-9-26)7-14-30(37)29(13-15-31(38)39)35-32(40)27(10-4-24-16-18-34-19-17-24)21-43(41,42)20-25-5-11-28(36)12-6-25/h2-3,5-6,8-9,11-12,16-19,27,29,36H,1,4,7,10,13-15,20-21,33H2,(H,35,40)(H,38,39)/t27-,29-/m0/s1. The van der Waals surface area contributed by atoms with Crippen molar-refractivity contribution in [1.29, 1.82) is 0 Å². The number of aliphatic carboxylic acids is 1. The molecule has 228 valence electrons. The third-order valence-corrected chi connectivity index (χ3v) is 8.70. The van der Waals surface area contributed by atoms with Crippen molar-refractivity contribution in [3.63, 3.8) is 0 Å². The van der Waals surface area contributed by atoms with Crippen LogP contribution in [0.3, 0.4) is 0 Å². The maximum Gasteiger partial charge on any atom is 0.303 e. The maximum atomic E-state index is 13.5. The Morgan fingerprint density at radius 1 is 0.860 bits per heavy atom. The Morgan fingerprint density at radius 3 is 2.07 bits per heavy atom. The van der Waals surface area contributed by atoms with E-state index in [0.717, 1.165) is 16.7 Å². The van der Waals surface area contributed by atoms with Gasteiger partial charge >= 0.3 is 5.97 Å². The second-order valence-corrected chi connectivity index (χ2v) is 12.6. The zero-order valence-corrected chi connectivity index (χ0v) is 24.6. The molecule has 0 aliphatic carbocycles. The Labute approximate surface area is 251 Å². The average Bonchev–Trinajstić information content (AvgIpc) is 2.97. The van der Waals surface area contributed by atoms with Crippen LogP contribution in [0.1, 0.15) is 47.9 Å². The Bertz CT molecular complexity index is 1510. The molecule has 0 fully saturated rings. The molecule has 0 aliphatic rings. The molecule has 2 aromatic carbocycles. The fraction of sp³-hybridized carbons (Fsp3) is 0.312. The number of carboxylic acid groups (broad SMARTS) is 1. The number of hydrogen-bond donors (Lipinski definition) is 4.